The van der Waals surface area contributed by atoms with Gasteiger partial charge in [-0.15, -0.1) is 0 Å². The van der Waals surface area contributed by atoms with Crippen molar-refractivity contribution in [3.8, 4) is 0 Å². The Morgan fingerprint density at radius 1 is 1.16 bits per heavy atom. The van der Waals surface area contributed by atoms with E-state index in [1.54, 1.807) is 11.9 Å². The number of likely N-dealkylation sites (tertiary alicyclic amines) is 1. The number of rotatable bonds is 6. The van der Waals surface area contributed by atoms with Crippen LogP contribution in [0.15, 0.2) is 24.3 Å². The highest BCUT2D eigenvalue weighted by molar-refractivity contribution is 5.86. The van der Waals surface area contributed by atoms with E-state index in [0.29, 0.717) is 6.54 Å². The molecule has 3 aliphatic rings. The summed E-state index contributed by atoms with van der Waals surface area (Å²) in [7, 11) is 1.75. The Labute approximate surface area is 185 Å². The summed E-state index contributed by atoms with van der Waals surface area (Å²) in [6.45, 7) is 7.35. The Morgan fingerprint density at radius 2 is 1.84 bits per heavy atom. The van der Waals surface area contributed by atoms with Gasteiger partial charge in [-0.2, -0.15) is 0 Å². The van der Waals surface area contributed by atoms with Crippen LogP contribution in [-0.2, 0) is 19.1 Å². The van der Waals surface area contributed by atoms with E-state index in [4.69, 9.17) is 9.47 Å². The Kier molecular flexibility index (Phi) is 6.94. The van der Waals surface area contributed by atoms with Gasteiger partial charge in [-0.05, 0) is 51.3 Å². The molecule has 0 aromatic heterocycles. The van der Waals surface area contributed by atoms with Crippen molar-refractivity contribution in [3.05, 3.63) is 35.4 Å². The van der Waals surface area contributed by atoms with Gasteiger partial charge in [-0.3, -0.25) is 9.59 Å². The largest absolute Gasteiger partial charge is 0.381 e. The smallest absolute Gasteiger partial charge is 0.251 e. The fraction of sp³-hybridized carbons (Fsp3) is 0.667. The van der Waals surface area contributed by atoms with Crippen molar-refractivity contribution in [1.82, 2.24) is 15.1 Å². The average molecular weight is 430 g/mol. The number of morpholine rings is 1. The maximum Gasteiger partial charge on any atom is 0.251 e. The zero-order valence-electron chi connectivity index (χ0n) is 18.8. The van der Waals surface area contributed by atoms with Crippen molar-refractivity contribution in [2.75, 3.05) is 53.0 Å². The minimum Gasteiger partial charge on any atom is -0.381 e. The minimum atomic E-state index is -0.714. The summed E-state index contributed by atoms with van der Waals surface area (Å²) in [6.07, 6.45) is 3.71. The molecule has 4 rings (SSSR count). The summed E-state index contributed by atoms with van der Waals surface area (Å²) in [5.74, 6) is -0.248. The maximum absolute atomic E-state index is 13.3. The Hall–Kier alpha value is -1.96. The molecule has 1 aromatic carbocycles. The highest BCUT2D eigenvalue weighted by Gasteiger charge is 2.41. The number of carbonyl (C=O) groups is 2. The highest BCUT2D eigenvalue weighted by Crippen LogP contribution is 2.33. The van der Waals surface area contributed by atoms with E-state index in [1.165, 1.54) is 12.8 Å². The van der Waals surface area contributed by atoms with Gasteiger partial charge in [0.05, 0.1) is 6.04 Å². The van der Waals surface area contributed by atoms with Crippen molar-refractivity contribution in [1.29, 1.82) is 0 Å². The number of ether oxygens (including phenoxy) is 2. The first-order chi connectivity index (χ1) is 15.0. The summed E-state index contributed by atoms with van der Waals surface area (Å²) < 4.78 is 11.4. The highest BCUT2D eigenvalue weighted by atomic mass is 16.5. The van der Waals surface area contributed by atoms with Crippen LogP contribution in [0, 0.1) is 12.3 Å². The van der Waals surface area contributed by atoms with E-state index in [0.717, 1.165) is 56.8 Å². The molecule has 2 atom stereocenters. The standard InChI is InChI=1S/C24H35N3O4/c1-18-5-7-19(8-6-18)21-22(31-15-20(28)26(21)2)23(29)25-16-24(9-13-30-14-10-24)17-27-11-3-4-12-27/h5-8,21-22H,3-4,9-17H2,1-2H3,(H,25,29). The second-order valence-electron chi connectivity index (χ2n) is 9.41. The molecule has 7 nitrogen and oxygen atoms in total. The van der Waals surface area contributed by atoms with Crippen LogP contribution in [0.1, 0.15) is 42.9 Å². The van der Waals surface area contributed by atoms with Crippen molar-refractivity contribution in [2.24, 2.45) is 5.41 Å². The van der Waals surface area contributed by atoms with Crippen LogP contribution < -0.4 is 5.32 Å². The lowest BCUT2D eigenvalue weighted by molar-refractivity contribution is -0.162. The number of aryl methyl sites for hydroxylation is 1. The second-order valence-corrected chi connectivity index (χ2v) is 9.41. The number of nitrogens with zero attached hydrogens (tertiary/aromatic N) is 2. The quantitative estimate of drug-likeness (QED) is 0.748. The monoisotopic (exact) mass is 429 g/mol. The van der Waals surface area contributed by atoms with E-state index in [1.807, 2.05) is 31.2 Å². The molecule has 3 heterocycles. The van der Waals surface area contributed by atoms with Crippen LogP contribution in [0.2, 0.25) is 0 Å². The zero-order chi connectivity index (χ0) is 21.8. The fourth-order valence-electron chi connectivity index (χ4n) is 5.08. The predicted molar refractivity (Wildman–Crippen MR) is 118 cm³/mol. The maximum atomic E-state index is 13.3. The topological polar surface area (TPSA) is 71.1 Å². The number of hydrogen-bond acceptors (Lipinski definition) is 5. The molecule has 3 saturated heterocycles. The number of hydrogen-bond donors (Lipinski definition) is 1. The lowest BCUT2D eigenvalue weighted by Gasteiger charge is -2.42. The molecule has 3 aliphatic heterocycles. The molecule has 2 unspecified atom stereocenters. The zero-order valence-corrected chi connectivity index (χ0v) is 18.8. The van der Waals surface area contributed by atoms with Gasteiger partial charge in [0, 0.05) is 38.8 Å². The molecule has 0 bridgehead atoms. The molecule has 31 heavy (non-hydrogen) atoms. The van der Waals surface area contributed by atoms with Gasteiger partial charge in [0.1, 0.15) is 6.61 Å². The van der Waals surface area contributed by atoms with Crippen LogP contribution >= 0.6 is 0 Å². The summed E-state index contributed by atoms with van der Waals surface area (Å²) in [5.41, 5.74) is 2.09. The van der Waals surface area contributed by atoms with Crippen LogP contribution in [0.25, 0.3) is 0 Å². The van der Waals surface area contributed by atoms with Crippen LogP contribution in [0.3, 0.4) is 0 Å². The molecule has 0 radical (unpaired) electrons. The molecule has 0 aliphatic carbocycles. The lowest BCUT2D eigenvalue weighted by Crippen LogP contribution is -2.55. The molecular formula is C24H35N3O4. The van der Waals surface area contributed by atoms with Crippen molar-refractivity contribution in [2.45, 2.75) is 44.8 Å². The number of amides is 2. The summed E-state index contributed by atoms with van der Waals surface area (Å²) in [6, 6.07) is 7.54. The van der Waals surface area contributed by atoms with E-state index in [-0.39, 0.29) is 23.8 Å². The number of carbonyl (C=O) groups excluding carboxylic acids is 2. The normalized spacial score (nSPS) is 26.8. The van der Waals surface area contributed by atoms with E-state index >= 15 is 0 Å². The second kappa shape index (κ2) is 9.67. The molecule has 7 heteroatoms. The molecule has 1 aromatic rings. The van der Waals surface area contributed by atoms with Gasteiger partial charge < -0.3 is 24.6 Å². The molecule has 3 fully saturated rings. The number of benzene rings is 1. The molecule has 170 valence electrons. The van der Waals surface area contributed by atoms with Crippen LogP contribution in [0.4, 0.5) is 0 Å². The average Bonchev–Trinajstić information content (AvgIpc) is 3.28. The first-order valence-electron chi connectivity index (χ1n) is 11.5. The third-order valence-corrected chi connectivity index (χ3v) is 7.11. The third kappa shape index (κ3) is 5.10. The minimum absolute atomic E-state index is 0.0357. The van der Waals surface area contributed by atoms with Crippen molar-refractivity contribution >= 4 is 11.8 Å². The Balaban J connectivity index is 1.47. The van der Waals surface area contributed by atoms with Crippen LogP contribution in [-0.4, -0.2) is 80.8 Å². The van der Waals surface area contributed by atoms with E-state index in [2.05, 4.69) is 10.2 Å². The van der Waals surface area contributed by atoms with Gasteiger partial charge in [0.25, 0.3) is 5.91 Å². The van der Waals surface area contributed by atoms with Crippen LogP contribution in [0.5, 0.6) is 0 Å². The summed E-state index contributed by atoms with van der Waals surface area (Å²) >= 11 is 0. The number of nitrogens with one attached hydrogen (secondary N) is 1. The first kappa shape index (κ1) is 22.2. The van der Waals surface area contributed by atoms with Gasteiger partial charge in [0.2, 0.25) is 5.91 Å². The third-order valence-electron chi connectivity index (χ3n) is 7.11. The molecule has 1 N–H and O–H groups in total. The van der Waals surface area contributed by atoms with E-state index in [9.17, 15) is 9.59 Å². The molecule has 0 spiro atoms. The van der Waals surface area contributed by atoms with Crippen molar-refractivity contribution < 1.29 is 19.1 Å². The molecule has 0 saturated carbocycles. The molecule has 2 amide bonds. The van der Waals surface area contributed by atoms with Gasteiger partial charge in [-0.25, -0.2) is 0 Å². The first-order valence-corrected chi connectivity index (χ1v) is 11.5. The molecular weight excluding hydrogens is 394 g/mol. The Morgan fingerprint density at radius 3 is 2.52 bits per heavy atom. The SMILES string of the molecule is Cc1ccc(C2C(C(=O)NCC3(CN4CCCC4)CCOCC3)OCC(=O)N2C)cc1. The summed E-state index contributed by atoms with van der Waals surface area (Å²) in [5, 5.41) is 3.20. The predicted octanol–water partition coefficient (Wildman–Crippen LogP) is 1.90. The van der Waals surface area contributed by atoms with Gasteiger partial charge in [-0.1, -0.05) is 29.8 Å². The fourth-order valence-corrected chi connectivity index (χ4v) is 5.08. The van der Waals surface area contributed by atoms with Crippen molar-refractivity contribution in [3.63, 3.8) is 0 Å². The van der Waals surface area contributed by atoms with Gasteiger partial charge in [0.15, 0.2) is 6.10 Å². The Bertz CT molecular complexity index is 770. The number of likely N-dealkylation sites (N-methyl/N-ethyl adjacent to an activating group) is 1. The lowest BCUT2D eigenvalue weighted by atomic mass is 9.79. The van der Waals surface area contributed by atoms with Gasteiger partial charge >= 0.3 is 0 Å². The van der Waals surface area contributed by atoms with E-state index < -0.39 is 12.1 Å². The summed E-state index contributed by atoms with van der Waals surface area (Å²) in [4.78, 5) is 29.8.